The molecular formula is C16H23N3O2. The fraction of sp³-hybridized carbons (Fsp3) is 0.500. The highest BCUT2D eigenvalue weighted by Gasteiger charge is 2.18. The van der Waals surface area contributed by atoms with Crippen molar-refractivity contribution in [2.45, 2.75) is 33.7 Å². The number of fused-ring (bicyclic) bond motifs is 1. The molecule has 0 bridgehead atoms. The Morgan fingerprint density at radius 1 is 1.33 bits per heavy atom. The minimum atomic E-state index is -0.0380. The molecule has 0 aliphatic rings. The van der Waals surface area contributed by atoms with Gasteiger partial charge in [0.15, 0.2) is 5.65 Å². The van der Waals surface area contributed by atoms with Crippen LogP contribution in [0.3, 0.4) is 0 Å². The molecule has 2 heterocycles. The Labute approximate surface area is 124 Å². The minimum absolute atomic E-state index is 0.0256. The zero-order valence-corrected chi connectivity index (χ0v) is 13.1. The lowest BCUT2D eigenvalue weighted by Gasteiger charge is -2.18. The van der Waals surface area contributed by atoms with Crippen LogP contribution in [0.2, 0.25) is 0 Å². The summed E-state index contributed by atoms with van der Waals surface area (Å²) in [6.07, 6.45) is 4.34. The second-order valence-corrected chi connectivity index (χ2v) is 6.48. The summed E-state index contributed by atoms with van der Waals surface area (Å²) in [5, 5.41) is 8.79. The average molecular weight is 289 g/mol. The van der Waals surface area contributed by atoms with Gasteiger partial charge in [0, 0.05) is 20.2 Å². The van der Waals surface area contributed by atoms with Gasteiger partial charge in [-0.15, -0.1) is 0 Å². The van der Waals surface area contributed by atoms with E-state index in [2.05, 4.69) is 25.8 Å². The number of aliphatic hydroxyl groups excluding tert-OH is 1. The van der Waals surface area contributed by atoms with Gasteiger partial charge < -0.3 is 5.11 Å². The Kier molecular flexibility index (Phi) is 4.32. The van der Waals surface area contributed by atoms with E-state index in [4.69, 9.17) is 5.11 Å². The first-order chi connectivity index (χ1) is 9.83. The number of aryl methyl sites for hydroxylation is 1. The van der Waals surface area contributed by atoms with Crippen molar-refractivity contribution in [1.82, 2.24) is 14.1 Å². The summed E-state index contributed by atoms with van der Waals surface area (Å²) in [4.78, 5) is 16.9. The second-order valence-electron chi connectivity index (χ2n) is 6.48. The van der Waals surface area contributed by atoms with E-state index >= 15 is 0 Å². The van der Waals surface area contributed by atoms with Gasteiger partial charge in [-0.25, -0.2) is 9.78 Å². The SMILES string of the molecule is Cn1c(=O)n(CC(C)(C)C)c2ccc(C=CCCO)nc21. The normalized spacial score (nSPS) is 12.6. The lowest BCUT2D eigenvalue weighted by Crippen LogP contribution is -2.27. The smallest absolute Gasteiger partial charge is 0.330 e. The van der Waals surface area contributed by atoms with Gasteiger partial charge in [0.2, 0.25) is 0 Å². The molecule has 0 aromatic carbocycles. The van der Waals surface area contributed by atoms with Gasteiger partial charge in [-0.05, 0) is 30.0 Å². The lowest BCUT2D eigenvalue weighted by atomic mass is 9.97. The average Bonchev–Trinajstić information content (AvgIpc) is 2.63. The second kappa shape index (κ2) is 5.85. The van der Waals surface area contributed by atoms with Crippen molar-refractivity contribution in [3.05, 3.63) is 34.4 Å². The first kappa shape index (κ1) is 15.5. The van der Waals surface area contributed by atoms with Gasteiger partial charge in [0.1, 0.15) is 0 Å². The van der Waals surface area contributed by atoms with E-state index in [1.807, 2.05) is 24.3 Å². The summed E-state index contributed by atoms with van der Waals surface area (Å²) in [5.41, 5.74) is 2.33. The number of pyridine rings is 1. The van der Waals surface area contributed by atoms with E-state index in [9.17, 15) is 4.79 Å². The molecule has 0 saturated carbocycles. The number of rotatable bonds is 4. The van der Waals surface area contributed by atoms with E-state index in [-0.39, 0.29) is 17.7 Å². The lowest BCUT2D eigenvalue weighted by molar-refractivity contribution is 0.303. The van der Waals surface area contributed by atoms with Crippen LogP contribution in [0, 0.1) is 5.41 Å². The topological polar surface area (TPSA) is 60.0 Å². The maximum Gasteiger partial charge on any atom is 0.330 e. The van der Waals surface area contributed by atoms with Crippen LogP contribution in [0.4, 0.5) is 0 Å². The fourth-order valence-electron chi connectivity index (χ4n) is 2.29. The van der Waals surface area contributed by atoms with Gasteiger partial charge in [-0.2, -0.15) is 0 Å². The first-order valence-electron chi connectivity index (χ1n) is 7.17. The molecular weight excluding hydrogens is 266 g/mol. The van der Waals surface area contributed by atoms with Crippen LogP contribution in [0.5, 0.6) is 0 Å². The highest BCUT2D eigenvalue weighted by atomic mass is 16.2. The Morgan fingerprint density at radius 2 is 2.05 bits per heavy atom. The fourth-order valence-corrected chi connectivity index (χ4v) is 2.29. The minimum Gasteiger partial charge on any atom is -0.396 e. The van der Waals surface area contributed by atoms with Crippen LogP contribution in [-0.2, 0) is 13.6 Å². The van der Waals surface area contributed by atoms with E-state index in [1.54, 1.807) is 16.2 Å². The van der Waals surface area contributed by atoms with Crippen molar-refractivity contribution in [2.75, 3.05) is 6.61 Å². The summed E-state index contributed by atoms with van der Waals surface area (Å²) < 4.78 is 3.37. The third kappa shape index (κ3) is 3.42. The highest BCUT2D eigenvalue weighted by molar-refractivity contribution is 5.73. The molecule has 2 rings (SSSR count). The van der Waals surface area contributed by atoms with Gasteiger partial charge in [0.25, 0.3) is 0 Å². The molecule has 2 aromatic rings. The van der Waals surface area contributed by atoms with Crippen molar-refractivity contribution in [2.24, 2.45) is 12.5 Å². The van der Waals surface area contributed by atoms with Crippen molar-refractivity contribution < 1.29 is 5.11 Å². The van der Waals surface area contributed by atoms with Gasteiger partial charge in [-0.1, -0.05) is 26.8 Å². The molecule has 2 aromatic heterocycles. The predicted molar refractivity (Wildman–Crippen MR) is 85.2 cm³/mol. The molecule has 0 amide bonds. The molecule has 0 fully saturated rings. The molecule has 0 atom stereocenters. The molecule has 0 aliphatic heterocycles. The maximum atomic E-state index is 12.4. The van der Waals surface area contributed by atoms with Crippen LogP contribution < -0.4 is 5.69 Å². The zero-order valence-electron chi connectivity index (χ0n) is 13.1. The van der Waals surface area contributed by atoms with E-state index in [1.165, 1.54) is 0 Å². The zero-order chi connectivity index (χ0) is 15.6. The number of hydrogen-bond donors (Lipinski definition) is 1. The molecule has 114 valence electrons. The largest absolute Gasteiger partial charge is 0.396 e. The summed E-state index contributed by atoms with van der Waals surface area (Å²) in [6.45, 7) is 7.11. The molecule has 21 heavy (non-hydrogen) atoms. The van der Waals surface area contributed by atoms with Crippen LogP contribution in [0.1, 0.15) is 32.9 Å². The summed E-state index contributed by atoms with van der Waals surface area (Å²) in [5.74, 6) is 0. The van der Waals surface area contributed by atoms with Gasteiger partial charge >= 0.3 is 5.69 Å². The molecule has 0 aliphatic carbocycles. The van der Waals surface area contributed by atoms with Crippen molar-refractivity contribution in [3.63, 3.8) is 0 Å². The molecule has 0 radical (unpaired) electrons. The Morgan fingerprint density at radius 3 is 2.67 bits per heavy atom. The maximum absolute atomic E-state index is 12.4. The number of imidazole rings is 1. The Balaban J connectivity index is 2.50. The Bertz CT molecular complexity index is 717. The molecule has 5 nitrogen and oxygen atoms in total. The summed E-state index contributed by atoms with van der Waals surface area (Å²) in [7, 11) is 1.75. The number of nitrogens with zero attached hydrogens (tertiary/aromatic N) is 3. The Hall–Kier alpha value is -1.88. The van der Waals surface area contributed by atoms with Crippen molar-refractivity contribution in [1.29, 1.82) is 0 Å². The monoisotopic (exact) mass is 289 g/mol. The number of aliphatic hydroxyl groups is 1. The molecule has 0 saturated heterocycles. The first-order valence-corrected chi connectivity index (χ1v) is 7.17. The van der Waals surface area contributed by atoms with Crippen LogP contribution in [0.15, 0.2) is 23.0 Å². The van der Waals surface area contributed by atoms with Crippen LogP contribution in [0.25, 0.3) is 17.2 Å². The standard InChI is InChI=1S/C16H23N3O2/c1-16(2,3)11-19-13-9-8-12(7-5-6-10-20)17-14(13)18(4)15(19)21/h5,7-9,20H,6,10-11H2,1-4H3. The number of aromatic nitrogens is 3. The van der Waals surface area contributed by atoms with Crippen molar-refractivity contribution >= 4 is 17.2 Å². The summed E-state index contributed by atoms with van der Waals surface area (Å²) in [6, 6.07) is 3.84. The number of hydrogen-bond acceptors (Lipinski definition) is 3. The molecule has 0 spiro atoms. The van der Waals surface area contributed by atoms with E-state index in [0.29, 0.717) is 18.6 Å². The quantitative estimate of drug-likeness (QED) is 0.938. The van der Waals surface area contributed by atoms with Crippen LogP contribution in [-0.4, -0.2) is 25.8 Å². The van der Waals surface area contributed by atoms with E-state index < -0.39 is 0 Å². The van der Waals surface area contributed by atoms with Crippen molar-refractivity contribution in [3.8, 4) is 0 Å². The third-order valence-corrected chi connectivity index (χ3v) is 3.22. The van der Waals surface area contributed by atoms with Crippen LogP contribution >= 0.6 is 0 Å². The van der Waals surface area contributed by atoms with Gasteiger partial charge in [0.05, 0.1) is 11.2 Å². The predicted octanol–water partition coefficient (Wildman–Crippen LogP) is 2.18. The van der Waals surface area contributed by atoms with Gasteiger partial charge in [-0.3, -0.25) is 9.13 Å². The third-order valence-electron chi connectivity index (χ3n) is 3.22. The summed E-state index contributed by atoms with van der Waals surface area (Å²) >= 11 is 0. The highest BCUT2D eigenvalue weighted by Crippen LogP contribution is 2.19. The molecule has 1 N–H and O–H groups in total. The molecule has 0 unspecified atom stereocenters. The molecule has 5 heteroatoms. The van der Waals surface area contributed by atoms with E-state index in [0.717, 1.165) is 11.2 Å².